The van der Waals surface area contributed by atoms with Gasteiger partial charge in [-0.1, -0.05) is 39.0 Å². The third-order valence-electron chi connectivity index (χ3n) is 4.08. The standard InChI is InChI=1S/C15H27NO3/c1-2-3-4-7-10-16-13(17)11-15(12-14(18)19)8-5-6-9-15/h2-12H2,1H3,(H,16,17)(H,18,19). The molecule has 0 radical (unpaired) electrons. The monoisotopic (exact) mass is 269 g/mol. The third-order valence-corrected chi connectivity index (χ3v) is 4.08. The highest BCUT2D eigenvalue weighted by Gasteiger charge is 2.37. The van der Waals surface area contributed by atoms with Crippen LogP contribution in [0.4, 0.5) is 0 Å². The van der Waals surface area contributed by atoms with E-state index in [0.717, 1.165) is 45.1 Å². The van der Waals surface area contributed by atoms with Crippen LogP contribution >= 0.6 is 0 Å². The maximum atomic E-state index is 11.9. The van der Waals surface area contributed by atoms with E-state index in [9.17, 15) is 9.59 Å². The normalized spacial score (nSPS) is 17.3. The van der Waals surface area contributed by atoms with Crippen molar-refractivity contribution in [1.82, 2.24) is 5.32 Å². The van der Waals surface area contributed by atoms with Crippen LogP contribution in [0.5, 0.6) is 0 Å². The van der Waals surface area contributed by atoms with E-state index in [1.807, 2.05) is 0 Å². The third kappa shape index (κ3) is 6.08. The zero-order valence-electron chi connectivity index (χ0n) is 12.0. The molecule has 4 heteroatoms. The average molecular weight is 269 g/mol. The molecule has 19 heavy (non-hydrogen) atoms. The van der Waals surface area contributed by atoms with E-state index in [2.05, 4.69) is 12.2 Å². The van der Waals surface area contributed by atoms with Gasteiger partial charge in [0.2, 0.25) is 5.91 Å². The first-order valence-electron chi connectivity index (χ1n) is 7.56. The van der Waals surface area contributed by atoms with Crippen molar-refractivity contribution in [2.75, 3.05) is 6.54 Å². The van der Waals surface area contributed by atoms with Crippen LogP contribution in [0.3, 0.4) is 0 Å². The Morgan fingerprint density at radius 2 is 1.79 bits per heavy atom. The van der Waals surface area contributed by atoms with E-state index in [-0.39, 0.29) is 17.7 Å². The molecule has 1 saturated carbocycles. The van der Waals surface area contributed by atoms with Crippen molar-refractivity contribution in [2.24, 2.45) is 5.41 Å². The van der Waals surface area contributed by atoms with Gasteiger partial charge in [0.25, 0.3) is 0 Å². The van der Waals surface area contributed by atoms with Crippen molar-refractivity contribution < 1.29 is 14.7 Å². The minimum Gasteiger partial charge on any atom is -0.481 e. The van der Waals surface area contributed by atoms with Gasteiger partial charge < -0.3 is 10.4 Å². The zero-order chi connectivity index (χ0) is 14.1. The highest BCUT2D eigenvalue weighted by atomic mass is 16.4. The fraction of sp³-hybridized carbons (Fsp3) is 0.867. The zero-order valence-corrected chi connectivity index (χ0v) is 12.0. The van der Waals surface area contributed by atoms with Gasteiger partial charge in [-0.05, 0) is 24.7 Å². The second-order valence-corrected chi connectivity index (χ2v) is 5.87. The molecule has 0 unspecified atom stereocenters. The molecular weight excluding hydrogens is 242 g/mol. The lowest BCUT2D eigenvalue weighted by atomic mass is 9.79. The Bertz CT molecular complexity index is 296. The summed E-state index contributed by atoms with van der Waals surface area (Å²) < 4.78 is 0. The molecule has 0 bridgehead atoms. The Hall–Kier alpha value is -1.06. The highest BCUT2D eigenvalue weighted by molar-refractivity contribution is 5.78. The van der Waals surface area contributed by atoms with Crippen LogP contribution in [0.25, 0.3) is 0 Å². The van der Waals surface area contributed by atoms with E-state index >= 15 is 0 Å². The molecule has 0 spiro atoms. The van der Waals surface area contributed by atoms with Crippen LogP contribution in [-0.4, -0.2) is 23.5 Å². The molecule has 0 atom stereocenters. The second-order valence-electron chi connectivity index (χ2n) is 5.87. The van der Waals surface area contributed by atoms with Crippen LogP contribution in [0.1, 0.15) is 71.1 Å². The van der Waals surface area contributed by atoms with Crippen molar-refractivity contribution in [3.05, 3.63) is 0 Å². The number of hydrogen-bond acceptors (Lipinski definition) is 2. The second kappa shape index (κ2) is 8.18. The number of carbonyl (C=O) groups is 2. The first-order chi connectivity index (χ1) is 9.08. The number of amides is 1. The number of unbranched alkanes of at least 4 members (excludes halogenated alkanes) is 3. The molecule has 1 amide bonds. The van der Waals surface area contributed by atoms with Gasteiger partial charge in [-0.15, -0.1) is 0 Å². The van der Waals surface area contributed by atoms with E-state index in [1.165, 1.54) is 12.8 Å². The van der Waals surface area contributed by atoms with Crippen LogP contribution in [-0.2, 0) is 9.59 Å². The number of carbonyl (C=O) groups excluding carboxylic acids is 1. The van der Waals surface area contributed by atoms with Gasteiger partial charge in [0, 0.05) is 13.0 Å². The lowest BCUT2D eigenvalue weighted by molar-refractivity contribution is -0.140. The number of rotatable bonds is 9. The smallest absolute Gasteiger partial charge is 0.303 e. The van der Waals surface area contributed by atoms with E-state index in [4.69, 9.17) is 5.11 Å². The first-order valence-corrected chi connectivity index (χ1v) is 7.56. The highest BCUT2D eigenvalue weighted by Crippen LogP contribution is 2.43. The van der Waals surface area contributed by atoms with E-state index < -0.39 is 5.97 Å². The van der Waals surface area contributed by atoms with Crippen molar-refractivity contribution >= 4 is 11.9 Å². The fourth-order valence-electron chi connectivity index (χ4n) is 3.04. The molecule has 0 aliphatic heterocycles. The lowest BCUT2D eigenvalue weighted by Crippen LogP contribution is -2.32. The molecule has 1 aliphatic carbocycles. The summed E-state index contributed by atoms with van der Waals surface area (Å²) in [6.45, 7) is 2.89. The number of hydrogen-bond donors (Lipinski definition) is 2. The Morgan fingerprint density at radius 3 is 2.37 bits per heavy atom. The molecule has 1 fully saturated rings. The molecular formula is C15H27NO3. The molecule has 0 aromatic heterocycles. The summed E-state index contributed by atoms with van der Waals surface area (Å²) in [6, 6.07) is 0. The van der Waals surface area contributed by atoms with Crippen molar-refractivity contribution in [1.29, 1.82) is 0 Å². The molecule has 1 rings (SSSR count). The molecule has 0 saturated heterocycles. The molecule has 4 nitrogen and oxygen atoms in total. The lowest BCUT2D eigenvalue weighted by Gasteiger charge is -2.26. The number of nitrogens with one attached hydrogen (secondary N) is 1. The summed E-state index contributed by atoms with van der Waals surface area (Å²) in [4.78, 5) is 22.9. The van der Waals surface area contributed by atoms with Crippen LogP contribution in [0.15, 0.2) is 0 Å². The summed E-state index contributed by atoms with van der Waals surface area (Å²) in [7, 11) is 0. The van der Waals surface area contributed by atoms with Gasteiger partial charge in [-0.25, -0.2) is 0 Å². The minimum atomic E-state index is -0.780. The average Bonchev–Trinajstić information content (AvgIpc) is 2.76. The number of aliphatic carboxylic acids is 1. The largest absolute Gasteiger partial charge is 0.481 e. The Kier molecular flexibility index (Phi) is 6.89. The van der Waals surface area contributed by atoms with Crippen molar-refractivity contribution in [2.45, 2.75) is 71.1 Å². The molecule has 2 N–H and O–H groups in total. The SMILES string of the molecule is CCCCCCNC(=O)CC1(CC(=O)O)CCCC1. The van der Waals surface area contributed by atoms with Gasteiger partial charge in [-0.3, -0.25) is 9.59 Å². The summed E-state index contributed by atoms with van der Waals surface area (Å²) >= 11 is 0. The molecule has 0 aromatic carbocycles. The quantitative estimate of drug-likeness (QED) is 0.632. The van der Waals surface area contributed by atoms with Crippen LogP contribution < -0.4 is 5.32 Å². The summed E-state index contributed by atoms with van der Waals surface area (Å²) in [5.41, 5.74) is -0.278. The predicted molar refractivity (Wildman–Crippen MR) is 74.9 cm³/mol. The maximum Gasteiger partial charge on any atom is 0.303 e. The molecule has 1 aliphatic rings. The minimum absolute atomic E-state index is 0.0275. The van der Waals surface area contributed by atoms with Crippen molar-refractivity contribution in [3.8, 4) is 0 Å². The van der Waals surface area contributed by atoms with Crippen LogP contribution in [0, 0.1) is 5.41 Å². The molecule has 110 valence electrons. The summed E-state index contributed by atoms with van der Waals surface area (Å²) in [5, 5.41) is 11.9. The first kappa shape index (κ1) is 16.0. The number of carboxylic acid groups (broad SMARTS) is 1. The van der Waals surface area contributed by atoms with E-state index in [0.29, 0.717) is 6.42 Å². The van der Waals surface area contributed by atoms with Crippen molar-refractivity contribution in [3.63, 3.8) is 0 Å². The van der Waals surface area contributed by atoms with Gasteiger partial charge in [-0.2, -0.15) is 0 Å². The van der Waals surface area contributed by atoms with Gasteiger partial charge in [0.15, 0.2) is 0 Å². The summed E-state index contributed by atoms with van der Waals surface area (Å²) in [5.74, 6) is -0.753. The molecule has 0 aromatic rings. The van der Waals surface area contributed by atoms with Gasteiger partial charge >= 0.3 is 5.97 Å². The Morgan fingerprint density at radius 1 is 1.11 bits per heavy atom. The van der Waals surface area contributed by atoms with Gasteiger partial charge in [0.1, 0.15) is 0 Å². The Balaban J connectivity index is 2.29. The maximum absolute atomic E-state index is 11.9. The summed E-state index contributed by atoms with van der Waals surface area (Å²) in [6.07, 6.45) is 8.94. The predicted octanol–water partition coefficient (Wildman–Crippen LogP) is 3.11. The van der Waals surface area contributed by atoms with E-state index in [1.54, 1.807) is 0 Å². The van der Waals surface area contributed by atoms with Crippen LogP contribution in [0.2, 0.25) is 0 Å². The molecule has 0 heterocycles. The number of carboxylic acids is 1. The Labute approximate surface area is 116 Å². The van der Waals surface area contributed by atoms with Gasteiger partial charge in [0.05, 0.1) is 6.42 Å². The topological polar surface area (TPSA) is 66.4 Å². The fourth-order valence-corrected chi connectivity index (χ4v) is 3.04.